The molecule has 0 aliphatic carbocycles. The summed E-state index contributed by atoms with van der Waals surface area (Å²) in [5.41, 5.74) is -0.465. The minimum absolute atomic E-state index is 0.0242. The van der Waals surface area contributed by atoms with Crippen LogP contribution in [0.15, 0.2) is 78.9 Å². The third-order valence-electron chi connectivity index (χ3n) is 7.40. The molecule has 4 aromatic rings. The molecule has 2 heterocycles. The maximum atomic E-state index is 14.8. The van der Waals surface area contributed by atoms with Gasteiger partial charge in [-0.2, -0.15) is 0 Å². The summed E-state index contributed by atoms with van der Waals surface area (Å²) in [6.07, 6.45) is -0.140. The molecule has 1 spiro atoms. The summed E-state index contributed by atoms with van der Waals surface area (Å²) in [4.78, 5) is 27.3. The first-order chi connectivity index (χ1) is 19.2. The number of anilines is 1. The van der Waals surface area contributed by atoms with Gasteiger partial charge in [-0.15, -0.1) is 0 Å². The Morgan fingerprint density at radius 1 is 0.825 bits per heavy atom. The predicted molar refractivity (Wildman–Crippen MR) is 139 cm³/mol. The molecule has 2 amide bonds. The number of fused-ring (bicyclic) bond motifs is 2. The highest BCUT2D eigenvalue weighted by Crippen LogP contribution is 2.58. The Balaban J connectivity index is 1.60. The molecular formula is C30H19ClF4N2O3. The van der Waals surface area contributed by atoms with Gasteiger partial charge in [0, 0.05) is 34.7 Å². The van der Waals surface area contributed by atoms with E-state index in [-0.39, 0.29) is 29.2 Å². The third-order valence-corrected chi connectivity index (χ3v) is 7.63. The Labute approximate surface area is 230 Å². The molecule has 2 aliphatic rings. The van der Waals surface area contributed by atoms with Crippen LogP contribution in [-0.4, -0.2) is 11.8 Å². The number of benzene rings is 4. The monoisotopic (exact) mass is 566 g/mol. The zero-order valence-electron chi connectivity index (χ0n) is 20.5. The summed E-state index contributed by atoms with van der Waals surface area (Å²) in [7, 11) is 0. The quantitative estimate of drug-likeness (QED) is 0.263. The maximum Gasteiger partial charge on any atom is 0.238 e. The summed E-state index contributed by atoms with van der Waals surface area (Å²) >= 11 is 6.29. The topological polar surface area (TPSA) is 67.4 Å². The summed E-state index contributed by atoms with van der Waals surface area (Å²) in [5.74, 6) is -5.40. The average Bonchev–Trinajstić information content (AvgIpc) is 3.18. The molecule has 3 atom stereocenters. The molecule has 0 saturated carbocycles. The second kappa shape index (κ2) is 9.67. The minimum Gasteiger partial charge on any atom is -0.454 e. The van der Waals surface area contributed by atoms with Crippen LogP contribution in [0.3, 0.4) is 0 Å². The van der Waals surface area contributed by atoms with Gasteiger partial charge < -0.3 is 15.4 Å². The molecule has 0 radical (unpaired) electrons. The highest BCUT2D eigenvalue weighted by Gasteiger charge is 2.61. The van der Waals surface area contributed by atoms with Crippen molar-refractivity contribution in [2.24, 2.45) is 0 Å². The smallest absolute Gasteiger partial charge is 0.238 e. The molecule has 40 heavy (non-hydrogen) atoms. The zero-order chi connectivity index (χ0) is 28.2. The van der Waals surface area contributed by atoms with Crippen molar-refractivity contribution in [3.05, 3.63) is 124 Å². The van der Waals surface area contributed by atoms with Gasteiger partial charge in [0.1, 0.15) is 28.6 Å². The lowest BCUT2D eigenvalue weighted by atomic mass is 9.59. The fourth-order valence-electron chi connectivity index (χ4n) is 5.78. The van der Waals surface area contributed by atoms with Crippen LogP contribution in [0.25, 0.3) is 0 Å². The second-order valence-electron chi connectivity index (χ2n) is 9.68. The molecule has 2 N–H and O–H groups in total. The summed E-state index contributed by atoms with van der Waals surface area (Å²) in [5, 5.41) is 5.91. The van der Waals surface area contributed by atoms with Crippen molar-refractivity contribution in [3.63, 3.8) is 0 Å². The summed E-state index contributed by atoms with van der Waals surface area (Å²) < 4.78 is 62.9. The molecule has 1 saturated heterocycles. The Hall–Kier alpha value is -4.37. The van der Waals surface area contributed by atoms with Gasteiger partial charge in [0.2, 0.25) is 11.8 Å². The first kappa shape index (κ1) is 25.9. The van der Waals surface area contributed by atoms with Crippen molar-refractivity contribution in [2.45, 2.75) is 23.8 Å². The molecule has 1 fully saturated rings. The van der Waals surface area contributed by atoms with Crippen LogP contribution in [0.2, 0.25) is 5.02 Å². The summed E-state index contributed by atoms with van der Waals surface area (Å²) in [6.45, 7) is 0. The van der Waals surface area contributed by atoms with Gasteiger partial charge in [0.25, 0.3) is 0 Å². The summed E-state index contributed by atoms with van der Waals surface area (Å²) in [6, 6.07) is 15.3. The average molecular weight is 567 g/mol. The van der Waals surface area contributed by atoms with Crippen LogP contribution in [0.4, 0.5) is 23.2 Å². The number of amides is 2. The first-order valence-corrected chi connectivity index (χ1v) is 12.6. The third kappa shape index (κ3) is 4.17. The van der Waals surface area contributed by atoms with Crippen LogP contribution < -0.4 is 15.4 Å². The first-order valence-electron chi connectivity index (χ1n) is 12.3. The zero-order valence-corrected chi connectivity index (χ0v) is 21.2. The van der Waals surface area contributed by atoms with Gasteiger partial charge in [0.05, 0.1) is 6.04 Å². The van der Waals surface area contributed by atoms with Crippen molar-refractivity contribution in [1.29, 1.82) is 0 Å². The Morgan fingerprint density at radius 3 is 2.27 bits per heavy atom. The SMILES string of the molecule is O=C1CC(c2cccc(Cl)c2)C2(C(=O)Nc3cc(F)ccc32)C(c2cc(F)ccc2Oc2ccc(F)cc2F)N1. The van der Waals surface area contributed by atoms with E-state index >= 15 is 0 Å². The highest BCUT2D eigenvalue weighted by atomic mass is 35.5. The number of piperidine rings is 1. The molecule has 2 aliphatic heterocycles. The largest absolute Gasteiger partial charge is 0.454 e. The van der Waals surface area contributed by atoms with E-state index in [4.69, 9.17) is 16.3 Å². The molecule has 5 nitrogen and oxygen atoms in total. The van der Waals surface area contributed by atoms with Crippen LogP contribution in [0, 0.1) is 23.3 Å². The maximum absolute atomic E-state index is 14.8. The predicted octanol–water partition coefficient (Wildman–Crippen LogP) is 6.92. The number of halogens is 5. The van der Waals surface area contributed by atoms with Gasteiger partial charge >= 0.3 is 0 Å². The molecule has 3 unspecified atom stereocenters. The van der Waals surface area contributed by atoms with E-state index in [2.05, 4.69) is 10.6 Å². The molecule has 202 valence electrons. The number of ether oxygens (including phenoxy) is 1. The Morgan fingerprint density at radius 2 is 1.52 bits per heavy atom. The van der Waals surface area contributed by atoms with Crippen molar-refractivity contribution >= 4 is 29.1 Å². The fourth-order valence-corrected chi connectivity index (χ4v) is 5.98. The molecule has 10 heteroatoms. The number of carbonyl (C=O) groups is 2. The van der Waals surface area contributed by atoms with E-state index in [9.17, 15) is 27.2 Å². The standard InChI is InChI=1S/C30H19ClF4N2O3/c31-16-3-1-2-15(10-16)22-14-27(38)37-28(30(22)21-7-4-19(34)13-24(21)36-29(30)39)20-11-17(32)5-8-25(20)40-26-9-6-18(33)12-23(26)35/h1-13,22,28H,14H2,(H,36,39)(H,37,38). The molecule has 0 aromatic heterocycles. The molecule has 4 aromatic carbocycles. The Kier molecular flexibility index (Phi) is 6.26. The fraction of sp³-hybridized carbons (Fsp3) is 0.133. The number of nitrogens with one attached hydrogen (secondary N) is 2. The highest BCUT2D eigenvalue weighted by molar-refractivity contribution is 6.30. The van der Waals surface area contributed by atoms with Crippen molar-refractivity contribution in [3.8, 4) is 11.5 Å². The van der Waals surface area contributed by atoms with Crippen molar-refractivity contribution < 1.29 is 31.9 Å². The van der Waals surface area contributed by atoms with Gasteiger partial charge in [-0.3, -0.25) is 9.59 Å². The Bertz CT molecular complexity index is 1700. The van der Waals surface area contributed by atoms with E-state index in [1.165, 1.54) is 24.3 Å². The molecular weight excluding hydrogens is 548 g/mol. The lowest BCUT2D eigenvalue weighted by molar-refractivity contribution is -0.131. The lowest BCUT2D eigenvalue weighted by Crippen LogP contribution is -2.56. The van der Waals surface area contributed by atoms with E-state index < -0.39 is 52.5 Å². The van der Waals surface area contributed by atoms with Gasteiger partial charge in [0.15, 0.2) is 11.6 Å². The number of carbonyl (C=O) groups excluding carboxylic acids is 2. The van der Waals surface area contributed by atoms with Gasteiger partial charge in [-0.05, 0) is 65.7 Å². The minimum atomic E-state index is -1.62. The van der Waals surface area contributed by atoms with E-state index in [0.29, 0.717) is 22.2 Å². The van der Waals surface area contributed by atoms with Gasteiger partial charge in [-0.1, -0.05) is 29.8 Å². The van der Waals surface area contributed by atoms with Crippen LogP contribution in [0.1, 0.15) is 35.1 Å². The number of hydrogen-bond acceptors (Lipinski definition) is 3. The van der Waals surface area contributed by atoms with Crippen LogP contribution in [0.5, 0.6) is 11.5 Å². The van der Waals surface area contributed by atoms with Crippen molar-refractivity contribution in [1.82, 2.24) is 5.32 Å². The normalized spacial score (nSPS) is 21.6. The van der Waals surface area contributed by atoms with E-state index in [1.54, 1.807) is 24.3 Å². The van der Waals surface area contributed by atoms with Crippen LogP contribution in [-0.2, 0) is 15.0 Å². The van der Waals surface area contributed by atoms with Crippen molar-refractivity contribution in [2.75, 3.05) is 5.32 Å². The lowest BCUT2D eigenvalue weighted by Gasteiger charge is -2.46. The molecule has 0 bridgehead atoms. The second-order valence-corrected chi connectivity index (χ2v) is 10.1. The number of rotatable bonds is 4. The van der Waals surface area contributed by atoms with Crippen LogP contribution >= 0.6 is 11.6 Å². The molecule has 6 rings (SSSR count). The van der Waals surface area contributed by atoms with E-state index in [0.717, 1.165) is 24.3 Å². The number of hydrogen-bond donors (Lipinski definition) is 2. The van der Waals surface area contributed by atoms with Gasteiger partial charge in [-0.25, -0.2) is 17.6 Å². The van der Waals surface area contributed by atoms with E-state index in [1.807, 2.05) is 0 Å².